The van der Waals surface area contributed by atoms with Crippen molar-refractivity contribution >= 4 is 15.9 Å². The molecule has 0 saturated carbocycles. The molecule has 0 bridgehead atoms. The maximum absolute atomic E-state index is 4.46. The minimum Gasteiger partial charge on any atom is -0.297 e. The van der Waals surface area contributed by atoms with E-state index in [0.717, 1.165) is 24.1 Å². The summed E-state index contributed by atoms with van der Waals surface area (Å²) in [6, 6.07) is 0. The second-order valence-electron chi connectivity index (χ2n) is 5.83. The summed E-state index contributed by atoms with van der Waals surface area (Å²) in [6.45, 7) is 10.2. The molecule has 1 aliphatic heterocycles. The van der Waals surface area contributed by atoms with Crippen molar-refractivity contribution in [2.75, 3.05) is 13.1 Å². The second-order valence-corrected chi connectivity index (χ2v) is 6.62. The van der Waals surface area contributed by atoms with Gasteiger partial charge in [0.2, 0.25) is 0 Å². The van der Waals surface area contributed by atoms with Gasteiger partial charge in [0.25, 0.3) is 0 Å². The van der Waals surface area contributed by atoms with Crippen LogP contribution in [0.1, 0.15) is 38.1 Å². The van der Waals surface area contributed by atoms with Crippen LogP contribution in [0, 0.1) is 18.8 Å². The Hall–Kier alpha value is -0.350. The number of hydrogen-bond acceptors (Lipinski definition) is 2. The Morgan fingerprint density at radius 2 is 1.94 bits per heavy atom. The van der Waals surface area contributed by atoms with Gasteiger partial charge < -0.3 is 0 Å². The third-order valence-electron chi connectivity index (χ3n) is 4.21. The number of hydrogen-bond donors (Lipinski definition) is 0. The van der Waals surface area contributed by atoms with Gasteiger partial charge in [0.1, 0.15) is 0 Å². The van der Waals surface area contributed by atoms with Crippen LogP contribution in [0.15, 0.2) is 4.47 Å². The molecule has 0 aromatic carbocycles. The van der Waals surface area contributed by atoms with Gasteiger partial charge in [0, 0.05) is 13.6 Å². The highest BCUT2D eigenvalue weighted by Crippen LogP contribution is 2.27. The minimum absolute atomic E-state index is 0.831. The monoisotopic (exact) mass is 313 g/mol. The number of halogens is 1. The molecule has 1 aromatic rings. The van der Waals surface area contributed by atoms with Gasteiger partial charge in [0.05, 0.1) is 15.9 Å². The first-order valence-corrected chi connectivity index (χ1v) is 7.68. The number of aromatic nitrogens is 2. The van der Waals surface area contributed by atoms with Crippen LogP contribution in [0.4, 0.5) is 0 Å². The fourth-order valence-corrected chi connectivity index (χ4v) is 3.30. The molecule has 0 unspecified atom stereocenters. The highest BCUT2D eigenvalue weighted by Gasteiger charge is 2.23. The molecule has 4 heteroatoms. The van der Waals surface area contributed by atoms with Gasteiger partial charge in [-0.15, -0.1) is 0 Å². The Morgan fingerprint density at radius 3 is 2.39 bits per heavy atom. The fourth-order valence-electron chi connectivity index (χ4n) is 2.84. The largest absolute Gasteiger partial charge is 0.297 e. The summed E-state index contributed by atoms with van der Waals surface area (Å²) >= 11 is 3.65. The van der Waals surface area contributed by atoms with Crippen molar-refractivity contribution in [1.29, 1.82) is 0 Å². The molecule has 1 fully saturated rings. The Bertz CT molecular complexity index is 403. The van der Waals surface area contributed by atoms with Crippen LogP contribution >= 0.6 is 15.9 Å². The van der Waals surface area contributed by atoms with Crippen molar-refractivity contribution in [3.63, 3.8) is 0 Å². The molecule has 3 nitrogen and oxygen atoms in total. The zero-order valence-corrected chi connectivity index (χ0v) is 13.5. The fraction of sp³-hybridized carbons (Fsp3) is 0.786. The van der Waals surface area contributed by atoms with Gasteiger partial charge >= 0.3 is 0 Å². The minimum atomic E-state index is 0.831. The molecule has 0 radical (unpaired) electrons. The Balaban J connectivity index is 1.95. The van der Waals surface area contributed by atoms with E-state index in [4.69, 9.17) is 0 Å². The second kappa shape index (κ2) is 5.74. The lowest BCUT2D eigenvalue weighted by atomic mass is 9.87. The van der Waals surface area contributed by atoms with E-state index in [2.05, 4.69) is 46.7 Å². The number of likely N-dealkylation sites (tertiary alicyclic amines) is 1. The van der Waals surface area contributed by atoms with Gasteiger partial charge in [-0.1, -0.05) is 13.8 Å². The van der Waals surface area contributed by atoms with Crippen molar-refractivity contribution in [3.8, 4) is 0 Å². The van der Waals surface area contributed by atoms with E-state index in [0.29, 0.717) is 0 Å². The van der Waals surface area contributed by atoms with Crippen LogP contribution in [0.25, 0.3) is 0 Å². The third-order valence-corrected chi connectivity index (χ3v) is 5.24. The lowest BCUT2D eigenvalue weighted by Crippen LogP contribution is -2.35. The molecule has 102 valence electrons. The molecule has 2 heterocycles. The summed E-state index contributed by atoms with van der Waals surface area (Å²) in [4.78, 5) is 2.56. The molecule has 0 atom stereocenters. The van der Waals surface area contributed by atoms with Gasteiger partial charge in [-0.25, -0.2) is 0 Å². The van der Waals surface area contributed by atoms with Crippen LogP contribution in [0.3, 0.4) is 0 Å². The summed E-state index contributed by atoms with van der Waals surface area (Å²) in [6.07, 6.45) is 2.68. The lowest BCUT2D eigenvalue weighted by molar-refractivity contribution is 0.149. The lowest BCUT2D eigenvalue weighted by Gasteiger charge is -2.33. The average molecular weight is 314 g/mol. The summed E-state index contributed by atoms with van der Waals surface area (Å²) in [5.74, 6) is 1.75. The Labute approximate surface area is 119 Å². The Morgan fingerprint density at radius 1 is 1.33 bits per heavy atom. The zero-order chi connectivity index (χ0) is 13.3. The molecule has 1 saturated heterocycles. The standard InChI is InChI=1S/C14H24BrN3/c1-10(2)12-5-7-18(8-6-12)9-13-14(15)11(3)16-17(13)4/h10,12H,5-9H2,1-4H3. The van der Waals surface area contributed by atoms with Crippen LogP contribution in [-0.2, 0) is 13.6 Å². The van der Waals surface area contributed by atoms with Crippen LogP contribution in [0.5, 0.6) is 0 Å². The predicted octanol–water partition coefficient (Wildman–Crippen LogP) is 3.36. The molecular weight excluding hydrogens is 290 g/mol. The summed E-state index contributed by atoms with van der Waals surface area (Å²) in [5, 5.41) is 4.46. The molecule has 2 rings (SSSR count). The SMILES string of the molecule is Cc1nn(C)c(CN2CCC(C(C)C)CC2)c1Br. The van der Waals surface area contributed by atoms with Gasteiger partial charge in [-0.2, -0.15) is 5.10 Å². The predicted molar refractivity (Wildman–Crippen MR) is 78.5 cm³/mol. The maximum atomic E-state index is 4.46. The summed E-state index contributed by atoms with van der Waals surface area (Å²) in [7, 11) is 2.04. The van der Waals surface area contributed by atoms with E-state index >= 15 is 0 Å². The molecule has 0 amide bonds. The summed E-state index contributed by atoms with van der Waals surface area (Å²) < 4.78 is 3.18. The van der Waals surface area contributed by atoms with Crippen molar-refractivity contribution < 1.29 is 0 Å². The highest BCUT2D eigenvalue weighted by atomic mass is 79.9. The number of aryl methyl sites for hydroxylation is 2. The summed E-state index contributed by atoms with van der Waals surface area (Å²) in [5.41, 5.74) is 2.39. The van der Waals surface area contributed by atoms with Crippen molar-refractivity contribution in [1.82, 2.24) is 14.7 Å². The first-order valence-electron chi connectivity index (χ1n) is 6.89. The molecular formula is C14H24BrN3. The van der Waals surface area contributed by atoms with Gasteiger partial charge in [0.15, 0.2) is 0 Å². The zero-order valence-electron chi connectivity index (χ0n) is 11.9. The van der Waals surface area contributed by atoms with Crippen molar-refractivity contribution in [2.45, 2.75) is 40.2 Å². The first kappa shape index (κ1) is 14.1. The van der Waals surface area contributed by atoms with E-state index < -0.39 is 0 Å². The molecule has 0 aliphatic carbocycles. The van der Waals surface area contributed by atoms with Gasteiger partial charge in [-0.05, 0) is 60.6 Å². The third kappa shape index (κ3) is 2.97. The molecule has 18 heavy (non-hydrogen) atoms. The van der Waals surface area contributed by atoms with Crippen molar-refractivity contribution in [2.24, 2.45) is 18.9 Å². The molecule has 0 N–H and O–H groups in total. The smallest absolute Gasteiger partial charge is 0.0739 e. The normalized spacial score (nSPS) is 18.8. The number of piperidine rings is 1. The molecule has 1 aromatic heterocycles. The highest BCUT2D eigenvalue weighted by molar-refractivity contribution is 9.10. The van der Waals surface area contributed by atoms with Crippen LogP contribution in [-0.4, -0.2) is 27.8 Å². The van der Waals surface area contributed by atoms with E-state index in [-0.39, 0.29) is 0 Å². The van der Waals surface area contributed by atoms with E-state index in [1.165, 1.54) is 36.1 Å². The van der Waals surface area contributed by atoms with Crippen LogP contribution in [0.2, 0.25) is 0 Å². The van der Waals surface area contributed by atoms with Crippen molar-refractivity contribution in [3.05, 3.63) is 15.9 Å². The topological polar surface area (TPSA) is 21.1 Å². The quantitative estimate of drug-likeness (QED) is 0.853. The molecule has 1 aliphatic rings. The van der Waals surface area contributed by atoms with Gasteiger partial charge in [-0.3, -0.25) is 9.58 Å². The number of rotatable bonds is 3. The van der Waals surface area contributed by atoms with E-state index in [1.807, 2.05) is 11.7 Å². The average Bonchev–Trinajstić information content (AvgIpc) is 2.57. The number of nitrogens with zero attached hydrogens (tertiary/aromatic N) is 3. The van der Waals surface area contributed by atoms with Crippen LogP contribution < -0.4 is 0 Å². The molecule has 0 spiro atoms. The Kier molecular flexibility index (Phi) is 4.49. The van der Waals surface area contributed by atoms with E-state index in [9.17, 15) is 0 Å². The maximum Gasteiger partial charge on any atom is 0.0739 e. The van der Waals surface area contributed by atoms with E-state index in [1.54, 1.807) is 0 Å². The first-order chi connectivity index (χ1) is 8.49.